The maximum Gasteiger partial charge on any atom is 0.259 e. The number of aromatic amines is 1. The summed E-state index contributed by atoms with van der Waals surface area (Å²) in [6.07, 6.45) is 1.14. The number of H-pyrrole nitrogens is 1. The van der Waals surface area contributed by atoms with Crippen molar-refractivity contribution < 1.29 is 0 Å². The molecule has 0 spiro atoms. The van der Waals surface area contributed by atoms with E-state index in [0.717, 1.165) is 60.7 Å². The van der Waals surface area contributed by atoms with Gasteiger partial charge in [0.2, 0.25) is 0 Å². The third-order valence-electron chi connectivity index (χ3n) is 3.89. The van der Waals surface area contributed by atoms with Gasteiger partial charge in [-0.15, -0.1) is 11.3 Å². The van der Waals surface area contributed by atoms with E-state index in [1.54, 1.807) is 11.3 Å². The average molecular weight is 292 g/mol. The first-order chi connectivity index (χ1) is 9.65. The first-order valence-electron chi connectivity index (χ1n) is 7.07. The number of fused-ring (bicyclic) bond motifs is 1. The van der Waals surface area contributed by atoms with E-state index >= 15 is 0 Å². The number of aryl methyl sites for hydroxylation is 2. The zero-order valence-corrected chi connectivity index (χ0v) is 12.8. The van der Waals surface area contributed by atoms with E-state index in [1.165, 1.54) is 4.88 Å². The molecule has 2 aromatic rings. The van der Waals surface area contributed by atoms with Gasteiger partial charge in [-0.1, -0.05) is 0 Å². The minimum absolute atomic E-state index is 0.000188. The van der Waals surface area contributed by atoms with Crippen molar-refractivity contribution in [1.29, 1.82) is 0 Å². The lowest BCUT2D eigenvalue weighted by Crippen LogP contribution is -2.29. The normalized spacial score (nSPS) is 17.5. The van der Waals surface area contributed by atoms with Gasteiger partial charge in [0.1, 0.15) is 10.7 Å². The van der Waals surface area contributed by atoms with Crippen molar-refractivity contribution in [2.75, 3.05) is 26.2 Å². The van der Waals surface area contributed by atoms with Gasteiger partial charge in [-0.05, 0) is 38.9 Å². The van der Waals surface area contributed by atoms with Crippen molar-refractivity contribution in [1.82, 2.24) is 20.2 Å². The van der Waals surface area contributed by atoms with Crippen LogP contribution < -0.4 is 10.9 Å². The Morgan fingerprint density at radius 2 is 2.15 bits per heavy atom. The summed E-state index contributed by atoms with van der Waals surface area (Å²) in [6.45, 7) is 8.89. The highest BCUT2D eigenvalue weighted by molar-refractivity contribution is 7.18. The standard InChI is InChI=1S/C14H20N4OS/c1-9-10(2)20-14-12(9)13(19)16-11(17-14)8-18-6-3-4-15-5-7-18/h15H,3-8H2,1-2H3,(H,16,17,19). The van der Waals surface area contributed by atoms with E-state index < -0.39 is 0 Å². The van der Waals surface area contributed by atoms with Crippen LogP contribution in [0.4, 0.5) is 0 Å². The second kappa shape index (κ2) is 5.63. The largest absolute Gasteiger partial charge is 0.315 e. The zero-order valence-electron chi connectivity index (χ0n) is 12.0. The number of thiophene rings is 1. The van der Waals surface area contributed by atoms with Gasteiger partial charge in [0, 0.05) is 18.0 Å². The topological polar surface area (TPSA) is 61.0 Å². The van der Waals surface area contributed by atoms with Gasteiger partial charge in [0.25, 0.3) is 5.56 Å². The van der Waals surface area contributed by atoms with Crippen molar-refractivity contribution >= 4 is 21.6 Å². The molecule has 1 saturated heterocycles. The van der Waals surface area contributed by atoms with Crippen LogP contribution in [0.25, 0.3) is 10.2 Å². The molecule has 5 nitrogen and oxygen atoms in total. The fraction of sp³-hybridized carbons (Fsp3) is 0.571. The maximum absolute atomic E-state index is 12.2. The van der Waals surface area contributed by atoms with Crippen LogP contribution in [0, 0.1) is 13.8 Å². The number of aromatic nitrogens is 2. The van der Waals surface area contributed by atoms with Gasteiger partial charge >= 0.3 is 0 Å². The van der Waals surface area contributed by atoms with Crippen LogP contribution in [0.5, 0.6) is 0 Å². The number of rotatable bonds is 2. The van der Waals surface area contributed by atoms with Crippen molar-refractivity contribution in [2.24, 2.45) is 0 Å². The smallest absolute Gasteiger partial charge is 0.259 e. The molecule has 2 aromatic heterocycles. The molecule has 0 aliphatic carbocycles. The summed E-state index contributed by atoms with van der Waals surface area (Å²) in [5.74, 6) is 0.783. The van der Waals surface area contributed by atoms with Crippen LogP contribution in [-0.2, 0) is 6.54 Å². The summed E-state index contributed by atoms with van der Waals surface area (Å²) >= 11 is 1.61. The second-order valence-electron chi connectivity index (χ2n) is 5.36. The van der Waals surface area contributed by atoms with E-state index in [-0.39, 0.29) is 5.56 Å². The van der Waals surface area contributed by atoms with Crippen LogP contribution >= 0.6 is 11.3 Å². The number of hydrogen-bond acceptors (Lipinski definition) is 5. The van der Waals surface area contributed by atoms with Gasteiger partial charge in [-0.25, -0.2) is 4.98 Å². The highest BCUT2D eigenvalue weighted by Gasteiger charge is 2.14. The van der Waals surface area contributed by atoms with Crippen LogP contribution in [0.1, 0.15) is 22.7 Å². The molecule has 0 bridgehead atoms. The minimum Gasteiger partial charge on any atom is -0.315 e. The molecule has 108 valence electrons. The SMILES string of the molecule is Cc1sc2nc(CN3CCCNCC3)[nH]c(=O)c2c1C. The van der Waals surface area contributed by atoms with Crippen LogP contribution in [0.2, 0.25) is 0 Å². The summed E-state index contributed by atoms with van der Waals surface area (Å²) < 4.78 is 0. The fourth-order valence-corrected chi connectivity index (χ4v) is 3.69. The molecule has 0 aromatic carbocycles. The quantitative estimate of drug-likeness (QED) is 0.878. The predicted octanol–water partition coefficient (Wildman–Crippen LogP) is 1.40. The van der Waals surface area contributed by atoms with Crippen LogP contribution in [0.15, 0.2) is 4.79 Å². The Morgan fingerprint density at radius 1 is 1.30 bits per heavy atom. The predicted molar refractivity (Wildman–Crippen MR) is 82.5 cm³/mol. The van der Waals surface area contributed by atoms with Crippen molar-refractivity contribution in [2.45, 2.75) is 26.8 Å². The lowest BCUT2D eigenvalue weighted by Gasteiger charge is -2.18. The molecule has 3 rings (SSSR count). The molecule has 0 saturated carbocycles. The summed E-state index contributed by atoms with van der Waals surface area (Å²) in [5, 5.41) is 4.14. The Hall–Kier alpha value is -1.24. The highest BCUT2D eigenvalue weighted by Crippen LogP contribution is 2.25. The zero-order chi connectivity index (χ0) is 14.1. The highest BCUT2D eigenvalue weighted by atomic mass is 32.1. The molecule has 0 unspecified atom stereocenters. The molecule has 1 fully saturated rings. The first kappa shape index (κ1) is 13.7. The van der Waals surface area contributed by atoms with Crippen LogP contribution in [-0.4, -0.2) is 41.0 Å². The molecule has 0 amide bonds. The van der Waals surface area contributed by atoms with E-state index in [9.17, 15) is 4.79 Å². The van der Waals surface area contributed by atoms with Crippen molar-refractivity contribution in [3.05, 3.63) is 26.6 Å². The Labute approximate surface area is 122 Å². The molecular weight excluding hydrogens is 272 g/mol. The fourth-order valence-electron chi connectivity index (χ4n) is 2.65. The Morgan fingerprint density at radius 3 is 3.00 bits per heavy atom. The monoisotopic (exact) mass is 292 g/mol. The lowest BCUT2D eigenvalue weighted by molar-refractivity contribution is 0.277. The molecule has 3 heterocycles. The molecule has 20 heavy (non-hydrogen) atoms. The van der Waals surface area contributed by atoms with Gasteiger partial charge in [-0.2, -0.15) is 0 Å². The van der Waals surface area contributed by atoms with Gasteiger partial charge in [-0.3, -0.25) is 9.69 Å². The molecular formula is C14H20N4OS. The maximum atomic E-state index is 12.2. The Bertz CT molecular complexity index is 668. The van der Waals surface area contributed by atoms with Crippen LogP contribution in [0.3, 0.4) is 0 Å². The van der Waals surface area contributed by atoms with E-state index in [1.807, 2.05) is 13.8 Å². The van der Waals surface area contributed by atoms with E-state index in [2.05, 4.69) is 20.2 Å². The van der Waals surface area contributed by atoms with Crippen molar-refractivity contribution in [3.8, 4) is 0 Å². The number of hydrogen-bond donors (Lipinski definition) is 2. The van der Waals surface area contributed by atoms with Gasteiger partial charge < -0.3 is 10.3 Å². The van der Waals surface area contributed by atoms with E-state index in [4.69, 9.17) is 0 Å². The summed E-state index contributed by atoms with van der Waals surface area (Å²) in [4.78, 5) is 24.2. The Balaban J connectivity index is 1.90. The molecule has 2 N–H and O–H groups in total. The third-order valence-corrected chi connectivity index (χ3v) is 5.00. The first-order valence-corrected chi connectivity index (χ1v) is 7.89. The third kappa shape index (κ3) is 2.63. The van der Waals surface area contributed by atoms with E-state index in [0.29, 0.717) is 0 Å². The molecule has 6 heteroatoms. The molecule has 1 aliphatic heterocycles. The van der Waals surface area contributed by atoms with Gasteiger partial charge in [0.15, 0.2) is 0 Å². The second-order valence-corrected chi connectivity index (χ2v) is 6.56. The average Bonchev–Trinajstić information content (AvgIpc) is 2.59. The summed E-state index contributed by atoms with van der Waals surface area (Å²) in [5.41, 5.74) is 1.06. The van der Waals surface area contributed by atoms with Gasteiger partial charge in [0.05, 0.1) is 11.9 Å². The lowest BCUT2D eigenvalue weighted by atomic mass is 10.2. The number of nitrogens with one attached hydrogen (secondary N) is 2. The summed E-state index contributed by atoms with van der Waals surface area (Å²) in [7, 11) is 0. The molecule has 0 radical (unpaired) electrons. The molecule has 1 aliphatic rings. The Kier molecular flexibility index (Phi) is 3.87. The number of nitrogens with zero attached hydrogens (tertiary/aromatic N) is 2. The minimum atomic E-state index is -0.000188. The summed E-state index contributed by atoms with van der Waals surface area (Å²) in [6, 6.07) is 0. The van der Waals surface area contributed by atoms with Crippen molar-refractivity contribution in [3.63, 3.8) is 0 Å². The molecule has 0 atom stereocenters.